The zero-order chi connectivity index (χ0) is 22.2. The number of carbonyl (C=O) groups excluding carboxylic acids is 2. The topological polar surface area (TPSA) is 131 Å². The quantitative estimate of drug-likeness (QED) is 0.321. The highest BCUT2D eigenvalue weighted by atomic mass is 32.2. The summed E-state index contributed by atoms with van der Waals surface area (Å²) in [6, 6.07) is 10.7. The molecule has 4 aromatic rings. The monoisotopic (exact) mass is 458 g/mol. The number of aromatic nitrogens is 3. The number of benzene rings is 2. The zero-order valence-corrected chi connectivity index (χ0v) is 18.2. The first-order valence-corrected chi connectivity index (χ1v) is 11.5. The molecule has 160 valence electrons. The maximum absolute atomic E-state index is 12.7. The van der Waals surface area contributed by atoms with Crippen LogP contribution in [0.3, 0.4) is 0 Å². The lowest BCUT2D eigenvalue weighted by Gasteiger charge is -2.13. The van der Waals surface area contributed by atoms with Gasteiger partial charge >= 0.3 is 5.97 Å². The van der Waals surface area contributed by atoms with Crippen LogP contribution in [0.5, 0.6) is 0 Å². The van der Waals surface area contributed by atoms with Crippen molar-refractivity contribution in [1.29, 1.82) is 0 Å². The molecule has 2 N–H and O–H groups in total. The molecule has 0 saturated heterocycles. The Bertz CT molecular complexity index is 1410. The first-order valence-electron chi connectivity index (χ1n) is 9.28. The van der Waals surface area contributed by atoms with Crippen LogP contribution in [0.4, 0.5) is 0 Å². The molecule has 0 fully saturated rings. The van der Waals surface area contributed by atoms with Gasteiger partial charge in [0, 0.05) is 22.2 Å². The van der Waals surface area contributed by atoms with Gasteiger partial charge < -0.3 is 9.72 Å². The molecule has 31 heavy (non-hydrogen) atoms. The fourth-order valence-electron chi connectivity index (χ4n) is 3.31. The van der Waals surface area contributed by atoms with E-state index in [1.54, 1.807) is 25.1 Å². The third-order valence-electron chi connectivity index (χ3n) is 4.74. The van der Waals surface area contributed by atoms with Gasteiger partial charge in [-0.05, 0) is 32.0 Å². The van der Waals surface area contributed by atoms with Crippen molar-refractivity contribution in [3.05, 3.63) is 53.7 Å². The molecule has 0 radical (unpaired) electrons. The van der Waals surface area contributed by atoms with Crippen molar-refractivity contribution >= 4 is 55.4 Å². The lowest BCUT2D eigenvalue weighted by Crippen LogP contribution is -2.40. The molecule has 4 rings (SSSR count). The summed E-state index contributed by atoms with van der Waals surface area (Å²) in [5, 5.41) is 0.736. The maximum Gasteiger partial charge on any atom is 0.324 e. The van der Waals surface area contributed by atoms with Crippen molar-refractivity contribution in [2.24, 2.45) is 0 Å². The number of fused-ring (bicyclic) bond motifs is 2. The van der Waals surface area contributed by atoms with Crippen LogP contribution >= 0.6 is 11.7 Å². The van der Waals surface area contributed by atoms with E-state index in [2.05, 4.69) is 18.5 Å². The largest absolute Gasteiger partial charge is 0.456 e. The summed E-state index contributed by atoms with van der Waals surface area (Å²) in [7, 11) is -4.05. The number of sulfonamides is 1. The highest BCUT2D eigenvalue weighted by Crippen LogP contribution is 2.23. The van der Waals surface area contributed by atoms with Gasteiger partial charge in [-0.15, -0.1) is 0 Å². The molecule has 0 saturated carbocycles. The number of hydrogen-bond donors (Lipinski definition) is 2. The molecule has 0 aliphatic carbocycles. The van der Waals surface area contributed by atoms with Gasteiger partial charge in [-0.2, -0.15) is 13.5 Å². The SMILES string of the molecule is Cc1[nH]c2ccccc2c1C(=O)COC(=O)[C@H](C)NS(=O)(=O)c1cccc2nsnc12. The lowest BCUT2D eigenvalue weighted by atomic mass is 10.1. The van der Waals surface area contributed by atoms with Crippen LogP contribution in [0, 0.1) is 6.92 Å². The second-order valence-corrected chi connectivity index (χ2v) is 9.14. The minimum absolute atomic E-state index is 0.0797. The van der Waals surface area contributed by atoms with Gasteiger partial charge in [0.05, 0.1) is 11.7 Å². The second-order valence-electron chi connectivity index (χ2n) is 6.93. The Morgan fingerprint density at radius 3 is 2.74 bits per heavy atom. The number of Topliss-reactive ketones (excluding diaryl/α,β-unsaturated/α-hetero) is 1. The Morgan fingerprint density at radius 2 is 1.94 bits per heavy atom. The molecule has 0 unspecified atom stereocenters. The summed E-state index contributed by atoms with van der Waals surface area (Å²) in [6.07, 6.45) is 0. The van der Waals surface area contributed by atoms with E-state index in [1.807, 2.05) is 18.2 Å². The van der Waals surface area contributed by atoms with Crippen LogP contribution in [-0.2, 0) is 19.6 Å². The van der Waals surface area contributed by atoms with Crippen molar-refractivity contribution < 1.29 is 22.7 Å². The summed E-state index contributed by atoms with van der Waals surface area (Å²) >= 11 is 0.896. The standard InChI is InChI=1S/C20H18N4O5S2/c1-11-18(13-6-3-4-7-14(13)21-11)16(25)10-29-20(26)12(2)24-31(27,28)17-9-5-8-15-19(17)23-30-22-15/h3-9,12,21,24H,10H2,1-2H3/t12-/m0/s1. The van der Waals surface area contributed by atoms with Crippen molar-refractivity contribution in [1.82, 2.24) is 18.5 Å². The number of para-hydroxylation sites is 1. The molecule has 11 heteroatoms. The number of carbonyl (C=O) groups is 2. The molecule has 9 nitrogen and oxygen atoms in total. The predicted molar refractivity (Wildman–Crippen MR) is 116 cm³/mol. The number of nitrogens with one attached hydrogen (secondary N) is 2. The van der Waals surface area contributed by atoms with Crippen LogP contribution in [0.15, 0.2) is 47.4 Å². The van der Waals surface area contributed by atoms with Crippen LogP contribution in [0.2, 0.25) is 0 Å². The van der Waals surface area contributed by atoms with E-state index in [1.165, 1.54) is 13.0 Å². The highest BCUT2D eigenvalue weighted by molar-refractivity contribution is 7.89. The van der Waals surface area contributed by atoms with Gasteiger partial charge in [-0.1, -0.05) is 24.3 Å². The zero-order valence-electron chi connectivity index (χ0n) is 16.6. The Kier molecular flexibility index (Phi) is 5.56. The Morgan fingerprint density at radius 1 is 1.16 bits per heavy atom. The summed E-state index contributed by atoms with van der Waals surface area (Å²) in [5.74, 6) is -1.24. The van der Waals surface area contributed by atoms with E-state index in [4.69, 9.17) is 4.74 Å². The smallest absolute Gasteiger partial charge is 0.324 e. The molecule has 2 aromatic heterocycles. The van der Waals surface area contributed by atoms with Crippen molar-refractivity contribution in [2.45, 2.75) is 24.8 Å². The summed E-state index contributed by atoms with van der Waals surface area (Å²) < 4.78 is 40.8. The minimum atomic E-state index is -4.05. The van der Waals surface area contributed by atoms with Crippen molar-refractivity contribution in [3.63, 3.8) is 0 Å². The van der Waals surface area contributed by atoms with E-state index in [0.29, 0.717) is 16.8 Å². The number of esters is 1. The molecule has 0 amide bonds. The van der Waals surface area contributed by atoms with E-state index in [9.17, 15) is 18.0 Å². The van der Waals surface area contributed by atoms with E-state index >= 15 is 0 Å². The third-order valence-corrected chi connectivity index (χ3v) is 6.86. The van der Waals surface area contributed by atoms with Gasteiger partial charge in [-0.3, -0.25) is 9.59 Å². The summed E-state index contributed by atoms with van der Waals surface area (Å²) in [6.45, 7) is 2.61. The van der Waals surface area contributed by atoms with Gasteiger partial charge in [-0.25, -0.2) is 8.42 Å². The van der Waals surface area contributed by atoms with Crippen LogP contribution < -0.4 is 4.72 Å². The van der Waals surface area contributed by atoms with Crippen LogP contribution in [0.25, 0.3) is 21.9 Å². The molecule has 0 spiro atoms. The number of rotatable bonds is 7. The Hall–Kier alpha value is -3.15. The molecule has 2 aromatic carbocycles. The Balaban J connectivity index is 1.44. The molecule has 0 bridgehead atoms. The highest BCUT2D eigenvalue weighted by Gasteiger charge is 2.26. The molecular formula is C20H18N4O5S2. The lowest BCUT2D eigenvalue weighted by molar-refractivity contribution is -0.144. The van der Waals surface area contributed by atoms with Crippen molar-refractivity contribution in [3.8, 4) is 0 Å². The first-order chi connectivity index (χ1) is 14.8. The van der Waals surface area contributed by atoms with Crippen LogP contribution in [0.1, 0.15) is 23.0 Å². The summed E-state index contributed by atoms with van der Waals surface area (Å²) in [4.78, 5) is 28.0. The van der Waals surface area contributed by atoms with Gasteiger partial charge in [0.2, 0.25) is 15.8 Å². The van der Waals surface area contributed by atoms with E-state index in [0.717, 1.165) is 22.6 Å². The van der Waals surface area contributed by atoms with Gasteiger partial charge in [0.25, 0.3) is 0 Å². The number of hydrogen-bond acceptors (Lipinski definition) is 8. The molecular weight excluding hydrogens is 440 g/mol. The van der Waals surface area contributed by atoms with Gasteiger partial charge in [0.15, 0.2) is 6.61 Å². The number of H-pyrrole nitrogens is 1. The van der Waals surface area contributed by atoms with Gasteiger partial charge in [0.1, 0.15) is 22.0 Å². The maximum atomic E-state index is 12.7. The minimum Gasteiger partial charge on any atom is -0.456 e. The Labute approximate surface area is 181 Å². The third kappa shape index (κ3) is 4.07. The number of aryl methyl sites for hydroxylation is 1. The van der Waals surface area contributed by atoms with Crippen molar-refractivity contribution in [2.75, 3.05) is 6.61 Å². The van der Waals surface area contributed by atoms with Crippen LogP contribution in [-0.4, -0.2) is 46.6 Å². The van der Waals surface area contributed by atoms with E-state index in [-0.39, 0.29) is 16.2 Å². The molecule has 2 heterocycles. The normalized spacial score (nSPS) is 12.8. The molecule has 0 aliphatic heterocycles. The fourth-order valence-corrected chi connectivity index (χ4v) is 5.27. The number of ether oxygens (including phenoxy) is 1. The van der Waals surface area contributed by atoms with E-state index < -0.39 is 28.6 Å². The predicted octanol–water partition coefficient (Wildman–Crippen LogP) is 2.57. The average molecular weight is 459 g/mol. The molecule has 0 aliphatic rings. The fraction of sp³-hybridized carbons (Fsp3) is 0.200. The number of nitrogens with zero attached hydrogens (tertiary/aromatic N) is 2. The summed E-state index contributed by atoms with van der Waals surface area (Å²) in [5.41, 5.74) is 2.59. The number of aromatic amines is 1. The molecule has 1 atom stereocenters. The number of ketones is 1. The first kappa shape index (κ1) is 21.1. The second kappa shape index (κ2) is 8.17. The average Bonchev–Trinajstić information content (AvgIpc) is 3.34.